The van der Waals surface area contributed by atoms with Gasteiger partial charge in [0, 0.05) is 11.6 Å². The van der Waals surface area contributed by atoms with Crippen LogP contribution < -0.4 is 11.1 Å². The Kier molecular flexibility index (Phi) is 4.04. The van der Waals surface area contributed by atoms with Crippen LogP contribution in [-0.4, -0.2) is 10.8 Å². The van der Waals surface area contributed by atoms with Gasteiger partial charge in [0.2, 0.25) is 0 Å². The van der Waals surface area contributed by atoms with E-state index in [1.54, 1.807) is 0 Å². The molecule has 0 heterocycles. The van der Waals surface area contributed by atoms with E-state index in [1.807, 2.05) is 0 Å². The number of amides is 1. The molecule has 21 heavy (non-hydrogen) atoms. The molecule has 0 atom stereocenters. The predicted molar refractivity (Wildman–Crippen MR) is 76.9 cm³/mol. The summed E-state index contributed by atoms with van der Waals surface area (Å²) < 4.78 is 13.7. The first-order valence-electron chi connectivity index (χ1n) is 5.69. The van der Waals surface area contributed by atoms with Crippen molar-refractivity contribution in [3.63, 3.8) is 0 Å². The highest BCUT2D eigenvalue weighted by Crippen LogP contribution is 2.25. The minimum absolute atomic E-state index is 0.0183. The van der Waals surface area contributed by atoms with Crippen LogP contribution >= 0.6 is 11.6 Å². The van der Waals surface area contributed by atoms with E-state index in [-0.39, 0.29) is 22.0 Å². The number of benzene rings is 2. The fourth-order valence-corrected chi connectivity index (χ4v) is 1.81. The van der Waals surface area contributed by atoms with Gasteiger partial charge in [0.25, 0.3) is 11.6 Å². The second-order valence-electron chi connectivity index (χ2n) is 4.09. The molecule has 0 saturated carbocycles. The molecule has 2 rings (SSSR count). The maximum absolute atomic E-state index is 13.7. The summed E-state index contributed by atoms with van der Waals surface area (Å²) in [6, 6.07) is 7.69. The van der Waals surface area contributed by atoms with Crippen LogP contribution in [0.3, 0.4) is 0 Å². The van der Waals surface area contributed by atoms with E-state index in [9.17, 15) is 19.3 Å². The van der Waals surface area contributed by atoms with Crippen molar-refractivity contribution in [2.24, 2.45) is 0 Å². The number of nitro benzene ring substituents is 1. The van der Waals surface area contributed by atoms with Gasteiger partial charge >= 0.3 is 0 Å². The molecule has 0 spiro atoms. The molecule has 8 heteroatoms. The first-order chi connectivity index (χ1) is 9.90. The summed E-state index contributed by atoms with van der Waals surface area (Å²) in [7, 11) is 0. The zero-order valence-corrected chi connectivity index (χ0v) is 11.2. The highest BCUT2D eigenvalue weighted by Gasteiger charge is 2.17. The molecule has 0 unspecified atom stereocenters. The Hall–Kier alpha value is -2.67. The van der Waals surface area contributed by atoms with E-state index in [0.717, 1.165) is 6.07 Å². The molecule has 0 fully saturated rings. The number of anilines is 2. The summed E-state index contributed by atoms with van der Waals surface area (Å²) in [4.78, 5) is 22.0. The van der Waals surface area contributed by atoms with Gasteiger partial charge in [-0.05, 0) is 24.3 Å². The molecule has 108 valence electrons. The van der Waals surface area contributed by atoms with Crippen molar-refractivity contribution in [1.82, 2.24) is 0 Å². The van der Waals surface area contributed by atoms with Gasteiger partial charge in [-0.3, -0.25) is 14.9 Å². The first-order valence-corrected chi connectivity index (χ1v) is 6.07. The van der Waals surface area contributed by atoms with E-state index in [4.69, 9.17) is 17.3 Å². The molecule has 0 aliphatic carbocycles. The lowest BCUT2D eigenvalue weighted by molar-refractivity contribution is -0.383. The average molecular weight is 310 g/mol. The van der Waals surface area contributed by atoms with Gasteiger partial charge in [0.05, 0.1) is 15.6 Å². The molecular formula is C13H9ClFN3O3. The second kappa shape index (κ2) is 5.76. The normalized spacial score (nSPS) is 10.2. The van der Waals surface area contributed by atoms with E-state index in [2.05, 4.69) is 5.32 Å². The lowest BCUT2D eigenvalue weighted by atomic mass is 10.1. The van der Waals surface area contributed by atoms with Crippen LogP contribution in [0.4, 0.5) is 21.5 Å². The van der Waals surface area contributed by atoms with Crippen molar-refractivity contribution in [2.45, 2.75) is 0 Å². The lowest BCUT2D eigenvalue weighted by Gasteiger charge is -2.07. The third-order valence-electron chi connectivity index (χ3n) is 2.69. The van der Waals surface area contributed by atoms with Crippen molar-refractivity contribution >= 4 is 34.6 Å². The average Bonchev–Trinajstić information content (AvgIpc) is 2.44. The summed E-state index contributed by atoms with van der Waals surface area (Å²) in [6.45, 7) is 0. The topological polar surface area (TPSA) is 98.3 Å². The number of rotatable bonds is 3. The SMILES string of the molecule is Nc1ccc(C(=O)Nc2cccc(Cl)c2F)cc1[N+](=O)[O-]. The van der Waals surface area contributed by atoms with Crippen LogP contribution in [-0.2, 0) is 0 Å². The van der Waals surface area contributed by atoms with Gasteiger partial charge in [0.1, 0.15) is 5.69 Å². The minimum Gasteiger partial charge on any atom is -0.393 e. The number of halogens is 2. The van der Waals surface area contributed by atoms with Crippen molar-refractivity contribution in [2.75, 3.05) is 11.1 Å². The number of nitrogens with one attached hydrogen (secondary N) is 1. The minimum atomic E-state index is -0.780. The monoisotopic (exact) mass is 309 g/mol. The molecule has 0 radical (unpaired) electrons. The summed E-state index contributed by atoms with van der Waals surface area (Å²) in [6.07, 6.45) is 0. The zero-order chi connectivity index (χ0) is 15.6. The Morgan fingerprint density at radius 2 is 2.05 bits per heavy atom. The zero-order valence-electron chi connectivity index (χ0n) is 10.5. The van der Waals surface area contributed by atoms with E-state index < -0.39 is 22.3 Å². The number of hydrogen-bond donors (Lipinski definition) is 2. The number of carbonyl (C=O) groups is 1. The molecule has 0 aromatic heterocycles. The Balaban J connectivity index is 2.31. The van der Waals surface area contributed by atoms with Crippen molar-refractivity contribution in [3.05, 3.63) is 62.9 Å². The highest BCUT2D eigenvalue weighted by atomic mass is 35.5. The van der Waals surface area contributed by atoms with Gasteiger partial charge in [-0.1, -0.05) is 17.7 Å². The van der Waals surface area contributed by atoms with Gasteiger partial charge in [0.15, 0.2) is 5.82 Å². The first kappa shape index (κ1) is 14.7. The van der Waals surface area contributed by atoms with Gasteiger partial charge in [-0.2, -0.15) is 0 Å². The molecule has 0 aliphatic heterocycles. The molecule has 0 aliphatic rings. The molecular weight excluding hydrogens is 301 g/mol. The van der Waals surface area contributed by atoms with Crippen LogP contribution in [0.25, 0.3) is 0 Å². The maximum atomic E-state index is 13.7. The number of carbonyl (C=O) groups excluding carboxylic acids is 1. The highest BCUT2D eigenvalue weighted by molar-refractivity contribution is 6.31. The van der Waals surface area contributed by atoms with Crippen molar-refractivity contribution in [1.29, 1.82) is 0 Å². The van der Waals surface area contributed by atoms with Crippen LogP contribution in [0.5, 0.6) is 0 Å². The fourth-order valence-electron chi connectivity index (χ4n) is 1.64. The molecule has 1 amide bonds. The molecule has 0 saturated heterocycles. The Bertz CT molecular complexity index is 737. The molecule has 3 N–H and O–H groups in total. The Labute approximate surface area is 123 Å². The van der Waals surface area contributed by atoms with Gasteiger partial charge in [-0.25, -0.2) is 4.39 Å². The molecule has 2 aromatic carbocycles. The number of hydrogen-bond acceptors (Lipinski definition) is 4. The number of nitro groups is 1. The second-order valence-corrected chi connectivity index (χ2v) is 4.49. The Morgan fingerprint density at radius 1 is 1.33 bits per heavy atom. The van der Waals surface area contributed by atoms with Gasteiger partial charge < -0.3 is 11.1 Å². The number of nitrogens with zero attached hydrogens (tertiary/aromatic N) is 1. The van der Waals surface area contributed by atoms with Crippen molar-refractivity contribution < 1.29 is 14.1 Å². The van der Waals surface area contributed by atoms with Crippen LogP contribution in [0, 0.1) is 15.9 Å². The Morgan fingerprint density at radius 3 is 2.71 bits per heavy atom. The lowest BCUT2D eigenvalue weighted by Crippen LogP contribution is -2.13. The summed E-state index contributed by atoms with van der Waals surface area (Å²) in [5.74, 6) is -1.49. The number of nitrogen functional groups attached to an aromatic ring is 1. The smallest absolute Gasteiger partial charge is 0.292 e. The van der Waals surface area contributed by atoms with Crippen LogP contribution in [0.1, 0.15) is 10.4 Å². The number of nitrogens with two attached hydrogens (primary N) is 1. The third-order valence-corrected chi connectivity index (χ3v) is 2.98. The van der Waals surface area contributed by atoms with Crippen molar-refractivity contribution in [3.8, 4) is 0 Å². The largest absolute Gasteiger partial charge is 0.393 e. The fraction of sp³-hybridized carbons (Fsp3) is 0. The molecule has 6 nitrogen and oxygen atoms in total. The van der Waals surface area contributed by atoms with E-state index >= 15 is 0 Å². The standard InChI is InChI=1S/C13H9ClFN3O3/c14-8-2-1-3-10(12(8)15)17-13(19)7-4-5-9(16)11(6-7)18(20)21/h1-6H,16H2,(H,17,19). The van der Waals surface area contributed by atoms with Crippen LogP contribution in [0.15, 0.2) is 36.4 Å². The molecule has 2 aromatic rings. The molecule has 0 bridgehead atoms. The predicted octanol–water partition coefficient (Wildman–Crippen LogP) is 3.22. The van der Waals surface area contributed by atoms with E-state index in [0.29, 0.717) is 0 Å². The maximum Gasteiger partial charge on any atom is 0.292 e. The van der Waals surface area contributed by atoms with E-state index in [1.165, 1.54) is 30.3 Å². The van der Waals surface area contributed by atoms with Crippen LogP contribution in [0.2, 0.25) is 5.02 Å². The third kappa shape index (κ3) is 3.09. The van der Waals surface area contributed by atoms with Gasteiger partial charge in [-0.15, -0.1) is 0 Å². The summed E-state index contributed by atoms with van der Waals surface area (Å²) in [5, 5.41) is 12.9. The summed E-state index contributed by atoms with van der Waals surface area (Å²) >= 11 is 5.60. The summed E-state index contributed by atoms with van der Waals surface area (Å²) in [5.41, 5.74) is 4.84. The quantitative estimate of drug-likeness (QED) is 0.516.